The van der Waals surface area contributed by atoms with Crippen LogP contribution in [0.5, 0.6) is 0 Å². The van der Waals surface area contributed by atoms with E-state index in [4.69, 9.17) is 5.73 Å². The molecule has 0 saturated carbocycles. The zero-order chi connectivity index (χ0) is 14.9. The number of thiazole rings is 1. The quantitative estimate of drug-likeness (QED) is 0.928. The van der Waals surface area contributed by atoms with Crippen LogP contribution in [0.25, 0.3) is 0 Å². The highest BCUT2D eigenvalue weighted by molar-refractivity contribution is 7.89. The van der Waals surface area contributed by atoms with Crippen LogP contribution in [0.1, 0.15) is 24.5 Å². The van der Waals surface area contributed by atoms with E-state index in [1.165, 1.54) is 21.8 Å². The van der Waals surface area contributed by atoms with E-state index in [0.29, 0.717) is 24.1 Å². The smallest absolute Gasteiger partial charge is 0.244 e. The maximum absolute atomic E-state index is 12.5. The van der Waals surface area contributed by atoms with Gasteiger partial charge in [-0.1, -0.05) is 0 Å². The Bertz CT molecular complexity index is 707. The number of nitrogen functional groups attached to an aromatic ring is 1. The van der Waals surface area contributed by atoms with Crippen molar-refractivity contribution in [3.8, 4) is 0 Å². The number of anilines is 1. The predicted molar refractivity (Wildman–Crippen MR) is 81.5 cm³/mol. The first-order valence-corrected chi connectivity index (χ1v) is 9.00. The first kappa shape index (κ1) is 14.4. The third kappa shape index (κ3) is 2.92. The van der Waals surface area contributed by atoms with Crippen LogP contribution < -0.4 is 5.73 Å². The van der Waals surface area contributed by atoms with Gasteiger partial charge in [-0.2, -0.15) is 4.31 Å². The van der Waals surface area contributed by atoms with Gasteiger partial charge in [-0.3, -0.25) is 4.98 Å². The lowest BCUT2D eigenvalue weighted by Gasteiger charge is -2.30. The lowest BCUT2D eigenvalue weighted by Crippen LogP contribution is -2.38. The van der Waals surface area contributed by atoms with Crippen LogP contribution in [0.2, 0.25) is 0 Å². The van der Waals surface area contributed by atoms with Gasteiger partial charge in [0.05, 0.1) is 5.69 Å². The third-order valence-electron chi connectivity index (χ3n) is 3.68. The normalized spacial score (nSPS) is 17.9. The number of nitrogens with two attached hydrogens (primary N) is 1. The number of sulfonamides is 1. The average molecular weight is 324 g/mol. The number of nitrogens with zero attached hydrogens (tertiary/aromatic N) is 3. The van der Waals surface area contributed by atoms with Crippen LogP contribution in [0, 0.1) is 0 Å². The molecule has 1 aliphatic rings. The monoisotopic (exact) mass is 324 g/mol. The van der Waals surface area contributed by atoms with Crippen molar-refractivity contribution in [2.24, 2.45) is 0 Å². The Labute approximate surface area is 127 Å². The first-order valence-electron chi connectivity index (χ1n) is 6.68. The second kappa shape index (κ2) is 5.70. The van der Waals surface area contributed by atoms with E-state index in [2.05, 4.69) is 9.97 Å². The Morgan fingerprint density at radius 2 is 2.10 bits per heavy atom. The molecule has 3 heterocycles. The topological polar surface area (TPSA) is 89.2 Å². The highest BCUT2D eigenvalue weighted by Crippen LogP contribution is 2.31. The van der Waals surface area contributed by atoms with Gasteiger partial charge < -0.3 is 5.73 Å². The molecule has 1 aliphatic heterocycles. The fraction of sp³-hybridized carbons (Fsp3) is 0.385. The Balaban J connectivity index is 1.71. The molecule has 3 rings (SSSR count). The van der Waals surface area contributed by atoms with Crippen LogP contribution in [-0.4, -0.2) is 35.8 Å². The van der Waals surface area contributed by atoms with Gasteiger partial charge in [0.1, 0.15) is 4.90 Å². The minimum absolute atomic E-state index is 0.251. The Hall–Kier alpha value is -1.51. The molecule has 21 heavy (non-hydrogen) atoms. The van der Waals surface area contributed by atoms with E-state index in [9.17, 15) is 8.42 Å². The summed E-state index contributed by atoms with van der Waals surface area (Å²) in [5.74, 6) is 0.291. The van der Waals surface area contributed by atoms with E-state index in [1.807, 2.05) is 5.38 Å². The van der Waals surface area contributed by atoms with Gasteiger partial charge in [0.15, 0.2) is 5.13 Å². The fourth-order valence-corrected chi connectivity index (χ4v) is 4.61. The van der Waals surface area contributed by atoms with Gasteiger partial charge in [0.25, 0.3) is 0 Å². The molecule has 0 bridgehead atoms. The zero-order valence-electron chi connectivity index (χ0n) is 11.3. The minimum atomic E-state index is -3.43. The van der Waals surface area contributed by atoms with Crippen molar-refractivity contribution in [3.05, 3.63) is 35.6 Å². The molecular weight excluding hydrogens is 308 g/mol. The number of pyridine rings is 1. The van der Waals surface area contributed by atoms with Crippen molar-refractivity contribution in [2.75, 3.05) is 18.8 Å². The third-order valence-corrected chi connectivity index (χ3v) is 6.26. The Morgan fingerprint density at radius 1 is 1.33 bits per heavy atom. The summed E-state index contributed by atoms with van der Waals surface area (Å²) in [6.45, 7) is 0.999. The standard InChI is InChI=1S/C13H16N4O2S2/c14-13-16-12(9-20-13)10-3-6-17(7-4-10)21(18,19)11-2-1-5-15-8-11/h1-2,5,8-10H,3-4,6-7H2,(H2,14,16). The van der Waals surface area contributed by atoms with Crippen LogP contribution in [0.4, 0.5) is 5.13 Å². The van der Waals surface area contributed by atoms with Crippen LogP contribution in [0.3, 0.4) is 0 Å². The average Bonchev–Trinajstić information content (AvgIpc) is 2.95. The number of piperidine rings is 1. The molecule has 2 N–H and O–H groups in total. The Kier molecular flexibility index (Phi) is 3.92. The maximum Gasteiger partial charge on any atom is 0.244 e. The molecule has 0 amide bonds. The van der Waals surface area contributed by atoms with Crippen molar-refractivity contribution in [3.63, 3.8) is 0 Å². The second-order valence-electron chi connectivity index (χ2n) is 4.98. The summed E-state index contributed by atoms with van der Waals surface area (Å²) in [6, 6.07) is 3.22. The molecule has 0 unspecified atom stereocenters. The highest BCUT2D eigenvalue weighted by atomic mass is 32.2. The van der Waals surface area contributed by atoms with Crippen molar-refractivity contribution in [2.45, 2.75) is 23.7 Å². The summed E-state index contributed by atoms with van der Waals surface area (Å²) in [5, 5.41) is 2.53. The lowest BCUT2D eigenvalue weighted by molar-refractivity contribution is 0.317. The summed E-state index contributed by atoms with van der Waals surface area (Å²) in [6.07, 6.45) is 4.49. The van der Waals surface area contributed by atoms with E-state index in [-0.39, 0.29) is 4.90 Å². The van der Waals surface area contributed by atoms with E-state index < -0.39 is 10.0 Å². The molecule has 1 fully saturated rings. The second-order valence-corrected chi connectivity index (χ2v) is 7.81. The molecular formula is C13H16N4O2S2. The minimum Gasteiger partial charge on any atom is -0.375 e. The van der Waals surface area contributed by atoms with Gasteiger partial charge in [0.2, 0.25) is 10.0 Å². The number of hydrogen-bond acceptors (Lipinski definition) is 6. The molecule has 0 aromatic carbocycles. The fourth-order valence-electron chi connectivity index (χ4n) is 2.53. The van der Waals surface area contributed by atoms with Gasteiger partial charge in [0, 0.05) is 36.8 Å². The van der Waals surface area contributed by atoms with Crippen LogP contribution >= 0.6 is 11.3 Å². The van der Waals surface area contributed by atoms with Crippen molar-refractivity contribution in [1.82, 2.24) is 14.3 Å². The highest BCUT2D eigenvalue weighted by Gasteiger charge is 2.30. The number of aromatic nitrogens is 2. The molecule has 8 heteroatoms. The summed E-state index contributed by atoms with van der Waals surface area (Å²) in [4.78, 5) is 8.43. The molecule has 0 radical (unpaired) electrons. The van der Waals surface area contributed by atoms with Crippen molar-refractivity contribution in [1.29, 1.82) is 0 Å². The summed E-state index contributed by atoms with van der Waals surface area (Å²) in [7, 11) is -3.43. The predicted octanol–water partition coefficient (Wildman–Crippen LogP) is 1.69. The van der Waals surface area contributed by atoms with E-state index in [0.717, 1.165) is 18.5 Å². The summed E-state index contributed by atoms with van der Waals surface area (Å²) < 4.78 is 26.5. The van der Waals surface area contributed by atoms with Crippen molar-refractivity contribution >= 4 is 26.5 Å². The van der Waals surface area contributed by atoms with Crippen molar-refractivity contribution < 1.29 is 8.42 Å². The van der Waals surface area contributed by atoms with Crippen LogP contribution in [-0.2, 0) is 10.0 Å². The first-order chi connectivity index (χ1) is 10.1. The summed E-state index contributed by atoms with van der Waals surface area (Å²) >= 11 is 1.43. The molecule has 2 aromatic heterocycles. The zero-order valence-corrected chi connectivity index (χ0v) is 13.0. The van der Waals surface area contributed by atoms with Gasteiger partial charge >= 0.3 is 0 Å². The number of rotatable bonds is 3. The molecule has 1 saturated heterocycles. The molecule has 0 spiro atoms. The molecule has 2 aromatic rings. The largest absolute Gasteiger partial charge is 0.375 e. The SMILES string of the molecule is Nc1nc(C2CCN(S(=O)(=O)c3cccnc3)CC2)cs1. The van der Waals surface area contributed by atoms with Gasteiger partial charge in [-0.15, -0.1) is 11.3 Å². The van der Waals surface area contributed by atoms with Gasteiger partial charge in [-0.25, -0.2) is 13.4 Å². The molecule has 112 valence electrons. The van der Waals surface area contributed by atoms with E-state index >= 15 is 0 Å². The maximum atomic E-state index is 12.5. The number of hydrogen-bond donors (Lipinski definition) is 1. The summed E-state index contributed by atoms with van der Waals surface area (Å²) in [5.41, 5.74) is 6.63. The molecule has 0 aliphatic carbocycles. The molecule has 6 nitrogen and oxygen atoms in total. The van der Waals surface area contributed by atoms with Gasteiger partial charge in [-0.05, 0) is 25.0 Å². The Morgan fingerprint density at radius 3 is 2.67 bits per heavy atom. The van der Waals surface area contributed by atoms with Crippen LogP contribution in [0.15, 0.2) is 34.8 Å². The van der Waals surface area contributed by atoms with E-state index in [1.54, 1.807) is 18.3 Å². The lowest BCUT2D eigenvalue weighted by atomic mass is 9.95. The molecule has 0 atom stereocenters.